The predicted octanol–water partition coefficient (Wildman–Crippen LogP) is 5.16. The number of hydrogen-bond donors (Lipinski definition) is 1. The molecule has 1 spiro atoms. The highest BCUT2D eigenvalue weighted by atomic mass is 79.9. The Morgan fingerprint density at radius 1 is 1.09 bits per heavy atom. The van der Waals surface area contributed by atoms with Gasteiger partial charge < -0.3 is 19.6 Å². The summed E-state index contributed by atoms with van der Waals surface area (Å²) >= 11 is 5.35. The molecule has 3 aromatic carbocycles. The molecule has 3 aliphatic rings. The molecule has 0 aromatic heterocycles. The van der Waals surface area contributed by atoms with E-state index in [9.17, 15) is 14.7 Å². The molecule has 44 heavy (non-hydrogen) atoms. The molecule has 7 nitrogen and oxygen atoms in total. The van der Waals surface area contributed by atoms with Crippen LogP contribution in [0.25, 0.3) is 10.8 Å². The van der Waals surface area contributed by atoms with E-state index in [0.717, 1.165) is 16.3 Å². The maximum Gasteiger partial charge on any atom is 0.311 e. The van der Waals surface area contributed by atoms with Crippen LogP contribution in [0, 0.1) is 11.8 Å². The second-order valence-electron chi connectivity index (χ2n) is 11.6. The molecule has 3 aromatic rings. The standard InChI is InChI=1S/C35H35BrN2O5S/c1-3-16-37(25-15-14-23-12-8-9-13-24(23)19-25)33(41)31-35-20-27(36)30(44-35)28(34(42)43-17-4-2)29(35)32(40)38(31)26(21-39)18-22-10-6-5-7-11-22/h3-15,19,26-31,39H,1-2,16-18,20-21H2/t26-,27?,28+,29+,30+,31?,35?/m1/s1. The van der Waals surface area contributed by atoms with Gasteiger partial charge >= 0.3 is 5.97 Å². The monoisotopic (exact) mass is 674 g/mol. The lowest BCUT2D eigenvalue weighted by molar-refractivity contribution is -0.153. The third kappa shape index (κ3) is 5.08. The lowest BCUT2D eigenvalue weighted by atomic mass is 9.71. The van der Waals surface area contributed by atoms with Gasteiger partial charge in [-0.2, -0.15) is 0 Å². The fourth-order valence-electron chi connectivity index (χ4n) is 7.33. The Kier molecular flexibility index (Phi) is 8.72. The van der Waals surface area contributed by atoms with Crippen molar-refractivity contribution in [3.05, 3.63) is 104 Å². The quantitative estimate of drug-likeness (QED) is 0.172. The van der Waals surface area contributed by atoms with E-state index in [1.807, 2.05) is 72.8 Å². The van der Waals surface area contributed by atoms with E-state index in [1.54, 1.807) is 27.6 Å². The summed E-state index contributed by atoms with van der Waals surface area (Å²) in [6.07, 6.45) is 4.08. The van der Waals surface area contributed by atoms with Crippen molar-refractivity contribution in [1.82, 2.24) is 4.90 Å². The maximum atomic E-state index is 15.0. The van der Waals surface area contributed by atoms with Gasteiger partial charge in [0.2, 0.25) is 5.91 Å². The van der Waals surface area contributed by atoms with Gasteiger partial charge in [0, 0.05) is 22.3 Å². The zero-order valence-corrected chi connectivity index (χ0v) is 26.7. The molecule has 2 bridgehead atoms. The Morgan fingerprint density at radius 3 is 2.52 bits per heavy atom. The van der Waals surface area contributed by atoms with Crippen LogP contribution in [0.1, 0.15) is 12.0 Å². The molecule has 0 aliphatic carbocycles. The van der Waals surface area contributed by atoms with Gasteiger partial charge in [0.25, 0.3) is 5.91 Å². The minimum atomic E-state index is -0.917. The molecule has 0 radical (unpaired) electrons. The van der Waals surface area contributed by atoms with Crippen LogP contribution >= 0.6 is 27.7 Å². The van der Waals surface area contributed by atoms with E-state index in [0.29, 0.717) is 18.5 Å². The summed E-state index contributed by atoms with van der Waals surface area (Å²) in [6, 6.07) is 21.9. The molecule has 6 rings (SSSR count). The SMILES string of the molecule is C=CCOC(=O)[C@H]1[C@H]2C(=O)N([C@@H](CO)Cc3ccccc3)C(C(=O)N(CC=C)c3ccc4ccccc4c3)C23CC(Br)[C@@H]1S3. The van der Waals surface area contributed by atoms with Crippen LogP contribution in [0.3, 0.4) is 0 Å². The van der Waals surface area contributed by atoms with Gasteiger partial charge in [-0.1, -0.05) is 95.3 Å². The molecule has 0 saturated carbocycles. The average molecular weight is 676 g/mol. The van der Waals surface area contributed by atoms with Crippen molar-refractivity contribution < 1.29 is 24.2 Å². The highest BCUT2D eigenvalue weighted by Gasteiger charge is 2.76. The van der Waals surface area contributed by atoms with Gasteiger partial charge in [-0.05, 0) is 41.3 Å². The number of carbonyl (C=O) groups is 3. The summed E-state index contributed by atoms with van der Waals surface area (Å²) in [5.74, 6) is -2.48. The van der Waals surface area contributed by atoms with Crippen LogP contribution in [0.15, 0.2) is 98.1 Å². The summed E-state index contributed by atoms with van der Waals surface area (Å²) in [7, 11) is 0. The topological polar surface area (TPSA) is 87.1 Å². The molecule has 9 heteroatoms. The highest BCUT2D eigenvalue weighted by Crippen LogP contribution is 2.68. The summed E-state index contributed by atoms with van der Waals surface area (Å²) in [6.45, 7) is 7.53. The first kappa shape index (κ1) is 30.6. The third-order valence-electron chi connectivity index (χ3n) is 9.12. The first-order chi connectivity index (χ1) is 21.3. The molecule has 3 saturated heterocycles. The largest absolute Gasteiger partial charge is 0.461 e. The number of fused-ring (bicyclic) bond motifs is 2. The van der Waals surface area contributed by atoms with E-state index < -0.39 is 34.6 Å². The van der Waals surface area contributed by atoms with Crippen LogP contribution in [0.4, 0.5) is 5.69 Å². The summed E-state index contributed by atoms with van der Waals surface area (Å²) in [4.78, 5) is 46.3. The predicted molar refractivity (Wildman–Crippen MR) is 178 cm³/mol. The number of aliphatic hydroxyl groups excluding tert-OH is 1. The van der Waals surface area contributed by atoms with Gasteiger partial charge in [0.05, 0.1) is 29.2 Å². The lowest BCUT2D eigenvalue weighted by Crippen LogP contribution is -2.58. The van der Waals surface area contributed by atoms with Crippen molar-refractivity contribution in [2.45, 2.75) is 39.7 Å². The van der Waals surface area contributed by atoms with Crippen LogP contribution in [-0.4, -0.2) is 74.5 Å². The van der Waals surface area contributed by atoms with Crippen molar-refractivity contribution in [1.29, 1.82) is 0 Å². The molecule has 3 unspecified atom stereocenters. The molecule has 3 heterocycles. The minimum absolute atomic E-state index is 0.0437. The first-order valence-electron chi connectivity index (χ1n) is 14.8. The van der Waals surface area contributed by atoms with Crippen LogP contribution in [0.5, 0.6) is 0 Å². The molecular formula is C35H35BrN2O5S. The molecular weight excluding hydrogens is 640 g/mol. The fourth-order valence-corrected chi connectivity index (χ4v) is 10.9. The van der Waals surface area contributed by atoms with Gasteiger partial charge in [0.15, 0.2) is 0 Å². The van der Waals surface area contributed by atoms with E-state index in [2.05, 4.69) is 29.1 Å². The van der Waals surface area contributed by atoms with Crippen molar-refractivity contribution in [2.24, 2.45) is 11.8 Å². The summed E-state index contributed by atoms with van der Waals surface area (Å²) < 4.78 is 4.64. The van der Waals surface area contributed by atoms with Crippen LogP contribution < -0.4 is 4.90 Å². The number of aliphatic hydroxyl groups is 1. The molecule has 3 fully saturated rings. The molecule has 228 valence electrons. The number of rotatable bonds is 11. The number of halogens is 1. The number of carbonyl (C=O) groups excluding carboxylic acids is 3. The van der Waals surface area contributed by atoms with Crippen molar-refractivity contribution >= 4 is 61.9 Å². The Hall–Kier alpha value is -3.40. The summed E-state index contributed by atoms with van der Waals surface area (Å²) in [5.41, 5.74) is 1.63. The second kappa shape index (κ2) is 12.5. The lowest BCUT2D eigenvalue weighted by Gasteiger charge is -2.40. The van der Waals surface area contributed by atoms with Gasteiger partial charge in [-0.25, -0.2) is 0 Å². The van der Waals surface area contributed by atoms with E-state index >= 15 is 4.79 Å². The summed E-state index contributed by atoms with van der Waals surface area (Å²) in [5, 5.41) is 12.6. The normalized spacial score (nSPS) is 27.6. The minimum Gasteiger partial charge on any atom is -0.461 e. The second-order valence-corrected chi connectivity index (χ2v) is 14.3. The Bertz CT molecular complexity index is 1600. The van der Waals surface area contributed by atoms with Gasteiger partial charge in [-0.15, -0.1) is 18.3 Å². The van der Waals surface area contributed by atoms with E-state index in [-0.39, 0.29) is 41.6 Å². The Balaban J connectivity index is 1.46. The average Bonchev–Trinajstić information content (AvgIpc) is 3.64. The highest BCUT2D eigenvalue weighted by molar-refractivity contribution is 9.09. The number of benzene rings is 3. The Morgan fingerprint density at radius 2 is 1.82 bits per heavy atom. The third-order valence-corrected chi connectivity index (χ3v) is 12.3. The Labute approximate surface area is 270 Å². The van der Waals surface area contributed by atoms with Crippen LogP contribution in [0.2, 0.25) is 0 Å². The van der Waals surface area contributed by atoms with Gasteiger partial charge in [-0.3, -0.25) is 14.4 Å². The fraction of sp³-hybridized carbons (Fsp3) is 0.343. The number of esters is 1. The number of ether oxygens (including phenoxy) is 1. The van der Waals surface area contributed by atoms with Gasteiger partial charge in [0.1, 0.15) is 12.6 Å². The molecule has 3 aliphatic heterocycles. The first-order valence-corrected chi connectivity index (χ1v) is 16.6. The number of amides is 2. The maximum absolute atomic E-state index is 15.0. The smallest absolute Gasteiger partial charge is 0.311 e. The van der Waals surface area contributed by atoms with E-state index in [4.69, 9.17) is 4.74 Å². The number of alkyl halides is 1. The van der Waals surface area contributed by atoms with Crippen molar-refractivity contribution in [3.63, 3.8) is 0 Å². The number of hydrogen-bond acceptors (Lipinski definition) is 6. The number of nitrogens with zero attached hydrogens (tertiary/aromatic N) is 2. The molecule has 7 atom stereocenters. The zero-order valence-electron chi connectivity index (χ0n) is 24.3. The van der Waals surface area contributed by atoms with E-state index in [1.165, 1.54) is 6.08 Å². The number of anilines is 1. The van der Waals surface area contributed by atoms with Crippen molar-refractivity contribution in [3.8, 4) is 0 Å². The number of likely N-dealkylation sites (tertiary alicyclic amines) is 1. The van der Waals surface area contributed by atoms with Crippen LogP contribution in [-0.2, 0) is 25.5 Å². The van der Waals surface area contributed by atoms with Crippen molar-refractivity contribution in [2.75, 3.05) is 24.7 Å². The number of thioether (sulfide) groups is 1. The molecule has 1 N–H and O–H groups in total. The zero-order chi connectivity index (χ0) is 31.0. The molecule has 2 amide bonds.